The second-order valence-corrected chi connectivity index (χ2v) is 15.4. The van der Waals surface area contributed by atoms with Crippen LogP contribution in [0.4, 0.5) is 0 Å². The van der Waals surface area contributed by atoms with Gasteiger partial charge in [-0.25, -0.2) is 13.9 Å². The van der Waals surface area contributed by atoms with Crippen LogP contribution < -0.4 is 21.1 Å². The number of halogens is 1. The maximum atomic E-state index is 12.6. The number of Topliss-reactive ketones (excluding diaryl/α,β-unsaturated/α-hetero) is 1. The van der Waals surface area contributed by atoms with E-state index in [2.05, 4.69) is 27.3 Å². The molecule has 2 unspecified atom stereocenters. The summed E-state index contributed by atoms with van der Waals surface area (Å²) in [6, 6.07) is 12.6. The number of nitrogens with zero attached hydrogens (tertiary/aromatic N) is 2. The fourth-order valence-electron chi connectivity index (χ4n) is 6.44. The topological polar surface area (TPSA) is 180 Å². The molecule has 53 heavy (non-hydrogen) atoms. The molecule has 0 spiro atoms. The Hall–Kier alpha value is -3.20. The molecule has 12 nitrogen and oxygen atoms in total. The molecule has 3 aliphatic rings. The number of oxazole rings is 1. The van der Waals surface area contributed by atoms with Gasteiger partial charge in [0.05, 0.1) is 30.2 Å². The molecule has 294 valence electrons. The summed E-state index contributed by atoms with van der Waals surface area (Å²) < 4.78 is 19.1. The molecule has 2 aromatic carbocycles. The lowest BCUT2D eigenvalue weighted by molar-refractivity contribution is -0.137. The number of piperidine rings is 1. The van der Waals surface area contributed by atoms with Gasteiger partial charge < -0.3 is 30.8 Å². The van der Waals surface area contributed by atoms with Gasteiger partial charge in [-0.2, -0.15) is 0 Å². The number of hydrogen-bond donors (Lipinski definition) is 5. The van der Waals surface area contributed by atoms with Gasteiger partial charge in [0.25, 0.3) is 5.89 Å². The van der Waals surface area contributed by atoms with E-state index in [4.69, 9.17) is 26.9 Å². The third kappa shape index (κ3) is 15.6. The number of nitrogens with one attached hydrogen (secondary N) is 3. The molecule has 3 heterocycles. The number of aliphatic hydroxyl groups is 1. The number of nitrogens with two attached hydrogens (primary N) is 1. The van der Waals surface area contributed by atoms with Crippen LogP contribution in [0.25, 0.3) is 11.1 Å². The van der Waals surface area contributed by atoms with E-state index < -0.39 is 34.8 Å². The third-order valence-corrected chi connectivity index (χ3v) is 10.6. The Kier molecular flexibility index (Phi) is 20.2. The summed E-state index contributed by atoms with van der Waals surface area (Å²) in [6.07, 6.45) is 13.9. The molecular weight excluding hydrogens is 716 g/mol. The first kappa shape index (κ1) is 44.2. The van der Waals surface area contributed by atoms with Gasteiger partial charge in [0, 0.05) is 17.8 Å². The first-order chi connectivity index (χ1) is 25.6. The number of carbonyl (C=O) groups is 3. The second kappa shape index (κ2) is 24.3. The standard InChI is InChI=1S/C18H22N4O5S.C7H7ClO.2C7H15N/c1-11(16(24)18-21-12-6-3-4-8-14(12)27-18)20-17(25)13-7-5-9-22(13)15(23)10-19-28(2)26;8-7-3-1-6(5-9)2-4-7;1-2-7-3-5-8-6-4-7;8-6-7-4-2-1-3-5-7/h3-4,6,8,11,13,19H,5,7,9-10H2,1-2H3,(H,20,25);1-4,9H,5H2;7-8H,2-6H2,1H3;7H,1-6,8H2/t11-,13?,28?;;;/m0.../s1. The van der Waals surface area contributed by atoms with Crippen molar-refractivity contribution in [3.8, 4) is 0 Å². The smallest absolute Gasteiger partial charge is 0.266 e. The minimum atomic E-state index is -1.31. The number of carbonyl (C=O) groups excluding carboxylic acids is 3. The lowest BCUT2D eigenvalue weighted by Gasteiger charge is -2.25. The van der Waals surface area contributed by atoms with Crippen molar-refractivity contribution >= 4 is 51.3 Å². The number of ketones is 1. The summed E-state index contributed by atoms with van der Waals surface area (Å²) in [5.74, 6) is 0.678. The molecule has 1 aromatic heterocycles. The molecule has 2 amide bonds. The molecule has 0 bridgehead atoms. The SMILES string of the molecule is CCC1CCNCC1.C[C@H](NC(=O)C1CCCN1C(=O)CNS(C)=O)C(=O)c1nc2ccccc2o1.NCC1CCCCC1.OCc1ccc(Cl)cc1. The monoisotopic (exact) mass is 774 g/mol. The maximum Gasteiger partial charge on any atom is 0.266 e. The molecule has 1 aliphatic carbocycles. The quantitative estimate of drug-likeness (QED) is 0.174. The van der Waals surface area contributed by atoms with Gasteiger partial charge in [0.15, 0.2) is 5.58 Å². The Labute approximate surface area is 322 Å². The number of aliphatic hydroxyl groups excluding tert-OH is 1. The molecular formula is C39H59ClN6O6S. The van der Waals surface area contributed by atoms with Crippen molar-refractivity contribution in [2.75, 3.05) is 39.0 Å². The van der Waals surface area contributed by atoms with Gasteiger partial charge in [-0.3, -0.25) is 14.4 Å². The fraction of sp³-hybridized carbons (Fsp3) is 0.590. The van der Waals surface area contributed by atoms with Crippen molar-refractivity contribution in [3.63, 3.8) is 0 Å². The number of fused-ring (bicyclic) bond motifs is 1. The average molecular weight is 775 g/mol. The number of para-hydroxylation sites is 2. The van der Waals surface area contributed by atoms with Crippen LogP contribution >= 0.6 is 11.6 Å². The predicted octanol–water partition coefficient (Wildman–Crippen LogP) is 5.14. The molecule has 0 radical (unpaired) electrons. The highest BCUT2D eigenvalue weighted by atomic mass is 35.5. The molecule has 3 atom stereocenters. The summed E-state index contributed by atoms with van der Waals surface area (Å²) >= 11 is 5.59. The van der Waals surface area contributed by atoms with Crippen LogP contribution in [-0.4, -0.2) is 87.9 Å². The molecule has 3 aromatic rings. The van der Waals surface area contributed by atoms with E-state index in [0.717, 1.165) is 23.9 Å². The molecule has 6 rings (SSSR count). The average Bonchev–Trinajstić information content (AvgIpc) is 3.87. The molecule has 2 aliphatic heterocycles. The Morgan fingerprint density at radius 1 is 1.02 bits per heavy atom. The van der Waals surface area contributed by atoms with Crippen molar-refractivity contribution in [1.82, 2.24) is 25.2 Å². The van der Waals surface area contributed by atoms with Crippen LogP contribution in [-0.2, 0) is 27.2 Å². The molecule has 1 saturated carbocycles. The Morgan fingerprint density at radius 2 is 1.70 bits per heavy atom. The van der Waals surface area contributed by atoms with E-state index in [0.29, 0.717) is 35.5 Å². The van der Waals surface area contributed by atoms with E-state index in [1.165, 1.54) is 75.6 Å². The zero-order valence-corrected chi connectivity index (χ0v) is 33.1. The molecule has 14 heteroatoms. The molecule has 3 fully saturated rings. The highest BCUT2D eigenvalue weighted by Crippen LogP contribution is 2.22. The van der Waals surface area contributed by atoms with Crippen LogP contribution in [0, 0.1) is 11.8 Å². The lowest BCUT2D eigenvalue weighted by Crippen LogP contribution is -2.51. The third-order valence-electron chi connectivity index (χ3n) is 9.75. The van der Waals surface area contributed by atoms with Crippen LogP contribution in [0.1, 0.15) is 94.3 Å². The van der Waals surface area contributed by atoms with Crippen molar-refractivity contribution in [1.29, 1.82) is 0 Å². The molecule has 2 saturated heterocycles. The van der Waals surface area contributed by atoms with Crippen LogP contribution in [0.5, 0.6) is 0 Å². The molecule has 6 N–H and O–H groups in total. The number of hydrogen-bond acceptors (Lipinski definition) is 9. The van der Waals surface area contributed by atoms with E-state index >= 15 is 0 Å². The maximum absolute atomic E-state index is 12.6. The van der Waals surface area contributed by atoms with Crippen LogP contribution in [0.2, 0.25) is 5.02 Å². The van der Waals surface area contributed by atoms with E-state index in [1.54, 1.807) is 55.5 Å². The number of likely N-dealkylation sites (tertiary alicyclic amines) is 1. The van der Waals surface area contributed by atoms with Crippen molar-refractivity contribution in [2.45, 2.75) is 96.7 Å². The Bertz CT molecular complexity index is 1510. The summed E-state index contributed by atoms with van der Waals surface area (Å²) in [6.45, 7) is 7.68. The number of rotatable bonds is 10. The van der Waals surface area contributed by atoms with Crippen LogP contribution in [0.15, 0.2) is 52.9 Å². The largest absolute Gasteiger partial charge is 0.434 e. The second-order valence-electron chi connectivity index (χ2n) is 13.7. The van der Waals surface area contributed by atoms with Crippen molar-refractivity contribution < 1.29 is 28.1 Å². The van der Waals surface area contributed by atoms with E-state index in [9.17, 15) is 18.6 Å². The zero-order valence-electron chi connectivity index (χ0n) is 31.5. The van der Waals surface area contributed by atoms with Gasteiger partial charge >= 0.3 is 0 Å². The Morgan fingerprint density at radius 3 is 2.26 bits per heavy atom. The number of benzene rings is 2. The normalized spacial score (nSPS) is 18.7. The van der Waals surface area contributed by atoms with Gasteiger partial charge in [0.2, 0.25) is 17.6 Å². The highest BCUT2D eigenvalue weighted by molar-refractivity contribution is 7.82. The summed E-state index contributed by atoms with van der Waals surface area (Å²) in [4.78, 5) is 43.1. The number of amides is 2. The first-order valence-corrected chi connectivity index (χ1v) is 20.8. The van der Waals surface area contributed by atoms with Crippen molar-refractivity contribution in [3.05, 3.63) is 65.0 Å². The van der Waals surface area contributed by atoms with Gasteiger partial charge in [-0.15, -0.1) is 0 Å². The van der Waals surface area contributed by atoms with Gasteiger partial charge in [0.1, 0.15) is 11.6 Å². The van der Waals surface area contributed by atoms with Crippen molar-refractivity contribution in [2.24, 2.45) is 17.6 Å². The fourth-order valence-corrected chi connectivity index (χ4v) is 6.90. The summed E-state index contributed by atoms with van der Waals surface area (Å²) in [7, 11) is -1.31. The minimum absolute atomic E-state index is 0.0667. The summed E-state index contributed by atoms with van der Waals surface area (Å²) in [5, 5.41) is 15.3. The Balaban J connectivity index is 0.000000242. The van der Waals surface area contributed by atoms with Gasteiger partial charge in [-0.05, 0) is 107 Å². The van der Waals surface area contributed by atoms with Gasteiger partial charge in [-0.1, -0.05) is 68.5 Å². The van der Waals surface area contributed by atoms with E-state index in [-0.39, 0.29) is 24.9 Å². The lowest BCUT2D eigenvalue weighted by atomic mass is 9.90. The number of aromatic nitrogens is 1. The van der Waals surface area contributed by atoms with Crippen LogP contribution in [0.3, 0.4) is 0 Å². The highest BCUT2D eigenvalue weighted by Gasteiger charge is 2.35. The first-order valence-electron chi connectivity index (χ1n) is 18.9. The summed E-state index contributed by atoms with van der Waals surface area (Å²) in [5.41, 5.74) is 7.46. The van der Waals surface area contributed by atoms with E-state index in [1.807, 2.05) is 0 Å². The minimum Gasteiger partial charge on any atom is -0.434 e. The predicted molar refractivity (Wildman–Crippen MR) is 212 cm³/mol. The zero-order chi connectivity index (χ0) is 38.6.